The zero-order chi connectivity index (χ0) is 19.8. The van der Waals surface area contributed by atoms with Crippen LogP contribution in [0.3, 0.4) is 0 Å². The summed E-state index contributed by atoms with van der Waals surface area (Å²) >= 11 is 5.99. The molecule has 28 heavy (non-hydrogen) atoms. The molecule has 5 unspecified atom stereocenters. The summed E-state index contributed by atoms with van der Waals surface area (Å²) in [7, 11) is 0. The van der Waals surface area contributed by atoms with Crippen LogP contribution in [-0.4, -0.2) is 45.4 Å². The number of benzene rings is 1. The number of likely N-dealkylation sites (tertiary alicyclic amines) is 1. The maximum Gasteiger partial charge on any atom is 0.241 e. The second-order valence-corrected chi connectivity index (χ2v) is 7.63. The smallest absolute Gasteiger partial charge is 0.241 e. The first-order chi connectivity index (χ1) is 13.5. The molecule has 3 aliphatic rings. The molecule has 2 aliphatic heterocycles. The summed E-state index contributed by atoms with van der Waals surface area (Å²) < 4.78 is 5.87. The van der Waals surface area contributed by atoms with Crippen LogP contribution in [0.5, 0.6) is 0 Å². The highest BCUT2D eigenvalue weighted by Crippen LogP contribution is 2.39. The number of rotatable bonds is 4. The number of nitrogens with one attached hydrogen (secondary N) is 1. The van der Waals surface area contributed by atoms with Gasteiger partial charge in [-0.25, -0.2) is 0 Å². The zero-order valence-electron chi connectivity index (χ0n) is 15.0. The van der Waals surface area contributed by atoms with Gasteiger partial charge in [0.15, 0.2) is 0 Å². The number of piperidine rings is 1. The number of ether oxygens (including phenoxy) is 1. The predicted octanol–water partition coefficient (Wildman–Crippen LogP) is 1.30. The SMILES string of the molecule is O=C1C2C=CC=C(OCc3cccc(Cl)c3)C2C(=O)N1C1CCC(O)NC1O. The number of aliphatic hydroxyl groups is 2. The molecule has 148 valence electrons. The number of fused-ring (bicyclic) bond motifs is 1. The molecule has 0 bridgehead atoms. The first kappa shape index (κ1) is 19.1. The largest absolute Gasteiger partial charge is 0.492 e. The molecule has 1 aromatic rings. The Kier molecular flexibility index (Phi) is 5.25. The minimum atomic E-state index is -1.17. The van der Waals surface area contributed by atoms with E-state index in [0.717, 1.165) is 10.5 Å². The lowest BCUT2D eigenvalue weighted by Gasteiger charge is -2.36. The Bertz CT molecular complexity index is 855. The quantitative estimate of drug-likeness (QED) is 0.654. The Morgan fingerprint density at radius 3 is 2.79 bits per heavy atom. The van der Waals surface area contributed by atoms with Gasteiger partial charge in [-0.15, -0.1) is 0 Å². The number of hydrogen-bond acceptors (Lipinski definition) is 6. The summed E-state index contributed by atoms with van der Waals surface area (Å²) in [6.45, 7) is 0.227. The molecular weight excluding hydrogens is 384 g/mol. The van der Waals surface area contributed by atoms with Gasteiger partial charge in [0, 0.05) is 5.02 Å². The molecule has 2 fully saturated rings. The van der Waals surface area contributed by atoms with Crippen molar-refractivity contribution in [3.63, 3.8) is 0 Å². The topological polar surface area (TPSA) is 99.1 Å². The summed E-state index contributed by atoms with van der Waals surface area (Å²) in [5.41, 5.74) is 0.856. The summed E-state index contributed by atoms with van der Waals surface area (Å²) in [6.07, 6.45) is 3.76. The molecule has 7 nitrogen and oxygen atoms in total. The van der Waals surface area contributed by atoms with Gasteiger partial charge in [0.05, 0.1) is 12.0 Å². The summed E-state index contributed by atoms with van der Waals surface area (Å²) in [5, 5.41) is 23.0. The molecule has 0 spiro atoms. The van der Waals surface area contributed by atoms with Crippen LogP contribution in [0.15, 0.2) is 48.3 Å². The van der Waals surface area contributed by atoms with E-state index in [1.54, 1.807) is 30.4 Å². The van der Waals surface area contributed by atoms with Crippen LogP contribution in [0.1, 0.15) is 18.4 Å². The highest BCUT2D eigenvalue weighted by atomic mass is 35.5. The minimum Gasteiger partial charge on any atom is -0.492 e. The van der Waals surface area contributed by atoms with E-state index >= 15 is 0 Å². The number of halogens is 1. The van der Waals surface area contributed by atoms with E-state index < -0.39 is 30.3 Å². The summed E-state index contributed by atoms with van der Waals surface area (Å²) in [6, 6.07) is 6.52. The van der Waals surface area contributed by atoms with Gasteiger partial charge >= 0.3 is 0 Å². The molecule has 8 heteroatoms. The predicted molar refractivity (Wildman–Crippen MR) is 100 cm³/mol. The lowest BCUT2D eigenvalue weighted by atomic mass is 9.89. The van der Waals surface area contributed by atoms with Crippen LogP contribution >= 0.6 is 11.6 Å². The number of amides is 2. The lowest BCUT2D eigenvalue weighted by molar-refractivity contribution is -0.149. The third-order valence-corrected chi connectivity index (χ3v) is 5.60. The van der Waals surface area contributed by atoms with Crippen LogP contribution in [0.2, 0.25) is 5.02 Å². The van der Waals surface area contributed by atoms with Crippen LogP contribution < -0.4 is 5.32 Å². The van der Waals surface area contributed by atoms with Gasteiger partial charge < -0.3 is 14.9 Å². The molecule has 0 aromatic heterocycles. The maximum absolute atomic E-state index is 13.1. The molecule has 4 rings (SSSR count). The van der Waals surface area contributed by atoms with Crippen LogP contribution in [-0.2, 0) is 20.9 Å². The minimum absolute atomic E-state index is 0.227. The molecule has 5 atom stereocenters. The third-order valence-electron chi connectivity index (χ3n) is 5.36. The fourth-order valence-electron chi connectivity index (χ4n) is 3.99. The van der Waals surface area contributed by atoms with E-state index in [9.17, 15) is 19.8 Å². The Morgan fingerprint density at radius 1 is 1.21 bits per heavy atom. The monoisotopic (exact) mass is 404 g/mol. The fourth-order valence-corrected chi connectivity index (χ4v) is 4.20. The van der Waals surface area contributed by atoms with E-state index in [-0.39, 0.29) is 18.4 Å². The van der Waals surface area contributed by atoms with Gasteiger partial charge in [-0.2, -0.15) is 0 Å². The highest BCUT2D eigenvalue weighted by molar-refractivity contribution is 6.30. The van der Waals surface area contributed by atoms with Gasteiger partial charge in [-0.05, 0) is 36.6 Å². The van der Waals surface area contributed by atoms with E-state index in [4.69, 9.17) is 16.3 Å². The lowest BCUT2D eigenvalue weighted by Crippen LogP contribution is -2.58. The van der Waals surface area contributed by atoms with Gasteiger partial charge in [0.1, 0.15) is 30.7 Å². The standard InChI is InChI=1S/C20H21ClN2O5/c21-12-4-1-3-11(9-12)10-28-15-6-2-5-13-17(15)20(27)23(19(13)26)14-7-8-16(24)22-18(14)25/h1-6,9,13-14,16-18,22,24-25H,7-8,10H2. The number of aliphatic hydroxyl groups excluding tert-OH is 2. The van der Waals surface area contributed by atoms with Crippen molar-refractivity contribution in [1.82, 2.24) is 10.2 Å². The van der Waals surface area contributed by atoms with Crippen molar-refractivity contribution >= 4 is 23.4 Å². The number of hydrogen-bond donors (Lipinski definition) is 3. The Balaban J connectivity index is 1.52. The van der Waals surface area contributed by atoms with Crippen molar-refractivity contribution in [1.29, 1.82) is 0 Å². The number of nitrogens with zero attached hydrogens (tertiary/aromatic N) is 1. The second kappa shape index (κ2) is 7.67. The van der Waals surface area contributed by atoms with Gasteiger partial charge in [-0.3, -0.25) is 19.8 Å². The first-order valence-electron chi connectivity index (χ1n) is 9.20. The number of imide groups is 1. The molecule has 3 N–H and O–H groups in total. The van der Waals surface area contributed by atoms with Gasteiger partial charge in [0.25, 0.3) is 0 Å². The molecule has 2 amide bonds. The normalized spacial score (nSPS) is 32.3. The Labute approximate surface area is 167 Å². The molecular formula is C20H21ClN2O5. The van der Waals surface area contributed by atoms with Crippen molar-refractivity contribution < 1.29 is 24.5 Å². The van der Waals surface area contributed by atoms with Crippen LogP contribution in [0.25, 0.3) is 0 Å². The number of carbonyl (C=O) groups excluding carboxylic acids is 2. The van der Waals surface area contributed by atoms with E-state index in [0.29, 0.717) is 23.6 Å². The Morgan fingerprint density at radius 2 is 2.04 bits per heavy atom. The van der Waals surface area contributed by atoms with Crippen molar-refractivity contribution in [3.05, 3.63) is 58.8 Å². The zero-order valence-corrected chi connectivity index (χ0v) is 15.7. The highest BCUT2D eigenvalue weighted by Gasteiger charge is 2.53. The average Bonchev–Trinajstić information content (AvgIpc) is 2.92. The first-order valence-corrected chi connectivity index (χ1v) is 9.58. The molecule has 1 aliphatic carbocycles. The number of allylic oxidation sites excluding steroid dienone is 2. The van der Waals surface area contributed by atoms with Crippen LogP contribution in [0, 0.1) is 11.8 Å². The Hall–Kier alpha value is -2.19. The van der Waals surface area contributed by atoms with Crippen molar-refractivity contribution in [3.8, 4) is 0 Å². The van der Waals surface area contributed by atoms with Crippen molar-refractivity contribution in [2.24, 2.45) is 11.8 Å². The molecule has 1 aromatic carbocycles. The fraction of sp³-hybridized carbons (Fsp3) is 0.400. The number of carbonyl (C=O) groups is 2. The van der Waals surface area contributed by atoms with Gasteiger partial charge in [0.2, 0.25) is 11.8 Å². The summed E-state index contributed by atoms with van der Waals surface area (Å²) in [5.74, 6) is -1.71. The van der Waals surface area contributed by atoms with Crippen molar-refractivity contribution in [2.75, 3.05) is 0 Å². The molecule has 0 saturated carbocycles. The van der Waals surface area contributed by atoms with Gasteiger partial charge in [-0.1, -0.05) is 35.9 Å². The summed E-state index contributed by atoms with van der Waals surface area (Å²) in [4.78, 5) is 27.1. The molecule has 2 saturated heterocycles. The van der Waals surface area contributed by atoms with E-state index in [1.165, 1.54) is 0 Å². The molecule has 2 heterocycles. The van der Waals surface area contributed by atoms with Crippen LogP contribution in [0.4, 0.5) is 0 Å². The maximum atomic E-state index is 13.1. The third kappa shape index (κ3) is 3.46. The van der Waals surface area contributed by atoms with E-state index in [1.807, 2.05) is 12.1 Å². The van der Waals surface area contributed by atoms with Crippen molar-refractivity contribution in [2.45, 2.75) is 37.9 Å². The molecule has 0 radical (unpaired) electrons. The second-order valence-electron chi connectivity index (χ2n) is 7.19. The van der Waals surface area contributed by atoms with E-state index in [2.05, 4.69) is 5.32 Å². The average molecular weight is 405 g/mol.